The largest absolute Gasteiger partial charge is 0.419 e. The van der Waals surface area contributed by atoms with Crippen LogP contribution in [0.5, 0.6) is 0 Å². The minimum atomic E-state index is -4.73. The molecule has 0 bridgehead atoms. The van der Waals surface area contributed by atoms with Crippen LogP contribution in [0.3, 0.4) is 0 Å². The first kappa shape index (κ1) is 13.6. The molecule has 0 saturated carbocycles. The molecule has 1 aromatic heterocycles. The third-order valence-corrected chi connectivity index (χ3v) is 3.00. The van der Waals surface area contributed by atoms with Gasteiger partial charge < -0.3 is 5.73 Å². The summed E-state index contributed by atoms with van der Waals surface area (Å²) < 4.78 is 62.0. The highest BCUT2D eigenvalue weighted by molar-refractivity contribution is 14.1. The topological polar surface area (TPSA) is 38.9 Å². The third-order valence-electron chi connectivity index (χ3n) is 1.83. The van der Waals surface area contributed by atoms with Gasteiger partial charge in [-0.1, -0.05) is 0 Å². The second kappa shape index (κ2) is 4.78. The van der Waals surface area contributed by atoms with Gasteiger partial charge in [0.2, 0.25) is 0 Å². The third kappa shape index (κ3) is 2.59. The summed E-state index contributed by atoms with van der Waals surface area (Å²) in [4.78, 5) is 3.32. The Hall–Kier alpha value is -0.510. The number of hydrogen-bond donors (Lipinski definition) is 1. The molecular formula is C8H6F5IN2. The molecule has 0 unspecified atom stereocenters. The summed E-state index contributed by atoms with van der Waals surface area (Å²) in [5.41, 5.74) is 2.76. The van der Waals surface area contributed by atoms with Crippen LogP contribution in [0.4, 0.5) is 22.0 Å². The summed E-state index contributed by atoms with van der Waals surface area (Å²) in [7, 11) is 0. The van der Waals surface area contributed by atoms with E-state index >= 15 is 0 Å². The van der Waals surface area contributed by atoms with Crippen LogP contribution in [0.1, 0.15) is 23.2 Å². The lowest BCUT2D eigenvalue weighted by molar-refractivity contribution is -0.139. The average molecular weight is 352 g/mol. The molecule has 16 heavy (non-hydrogen) atoms. The van der Waals surface area contributed by atoms with E-state index in [0.717, 1.165) is 6.20 Å². The van der Waals surface area contributed by atoms with Crippen molar-refractivity contribution < 1.29 is 22.0 Å². The van der Waals surface area contributed by atoms with Crippen molar-refractivity contribution >= 4 is 22.6 Å². The smallest absolute Gasteiger partial charge is 0.325 e. The minimum absolute atomic E-state index is 0.429. The van der Waals surface area contributed by atoms with E-state index in [0.29, 0.717) is 0 Å². The molecule has 0 saturated heterocycles. The summed E-state index contributed by atoms with van der Waals surface area (Å²) in [5, 5.41) is 0. The van der Waals surface area contributed by atoms with Crippen molar-refractivity contribution in [1.29, 1.82) is 0 Å². The van der Waals surface area contributed by atoms with E-state index in [1.54, 1.807) is 0 Å². The summed E-state index contributed by atoms with van der Waals surface area (Å²) in [6.07, 6.45) is -7.00. The van der Waals surface area contributed by atoms with Crippen LogP contribution in [-0.2, 0) is 12.7 Å². The molecule has 1 aromatic rings. The maximum atomic E-state index is 12.6. The number of nitrogens with zero attached hydrogens (tertiary/aromatic N) is 1. The Bertz CT molecular complexity index is 391. The van der Waals surface area contributed by atoms with Crippen molar-refractivity contribution in [2.24, 2.45) is 5.73 Å². The van der Waals surface area contributed by atoms with Crippen LogP contribution < -0.4 is 5.73 Å². The van der Waals surface area contributed by atoms with E-state index in [1.807, 2.05) is 0 Å². The number of hydrogen-bond acceptors (Lipinski definition) is 2. The number of alkyl halides is 5. The maximum absolute atomic E-state index is 12.6. The molecule has 2 nitrogen and oxygen atoms in total. The highest BCUT2D eigenvalue weighted by Gasteiger charge is 2.38. The minimum Gasteiger partial charge on any atom is -0.325 e. The lowest BCUT2D eigenvalue weighted by Crippen LogP contribution is -2.17. The van der Waals surface area contributed by atoms with Crippen molar-refractivity contribution in [3.05, 3.63) is 26.6 Å². The molecular weight excluding hydrogens is 346 g/mol. The molecule has 8 heteroatoms. The first-order chi connectivity index (χ1) is 7.29. The zero-order valence-corrected chi connectivity index (χ0v) is 9.81. The maximum Gasteiger partial charge on any atom is 0.419 e. The van der Waals surface area contributed by atoms with Gasteiger partial charge in [0.25, 0.3) is 6.43 Å². The fraction of sp³-hybridized carbons (Fsp3) is 0.375. The van der Waals surface area contributed by atoms with Crippen LogP contribution in [-0.4, -0.2) is 4.98 Å². The van der Waals surface area contributed by atoms with Gasteiger partial charge in [0.05, 0.1) is 16.8 Å². The van der Waals surface area contributed by atoms with Gasteiger partial charge in [-0.05, 0) is 22.6 Å². The number of aromatic nitrogens is 1. The highest BCUT2D eigenvalue weighted by Crippen LogP contribution is 2.38. The molecule has 1 heterocycles. The zero-order chi connectivity index (χ0) is 12.5. The Morgan fingerprint density at radius 1 is 1.38 bits per heavy atom. The van der Waals surface area contributed by atoms with Gasteiger partial charge in [-0.3, -0.25) is 4.98 Å². The predicted octanol–water partition coefficient (Wildman–Crippen LogP) is 3.10. The van der Waals surface area contributed by atoms with Crippen molar-refractivity contribution in [2.75, 3.05) is 0 Å². The van der Waals surface area contributed by atoms with Gasteiger partial charge in [-0.2, -0.15) is 13.2 Å². The first-order valence-corrected chi connectivity index (χ1v) is 5.09. The van der Waals surface area contributed by atoms with Gasteiger partial charge in [-0.15, -0.1) is 0 Å². The SMILES string of the molecule is NCc1ncc(C(F)F)c(I)c1C(F)(F)F. The van der Waals surface area contributed by atoms with E-state index in [-0.39, 0.29) is 0 Å². The van der Waals surface area contributed by atoms with E-state index in [2.05, 4.69) is 4.98 Å². The van der Waals surface area contributed by atoms with E-state index in [1.165, 1.54) is 22.6 Å². The van der Waals surface area contributed by atoms with Crippen LogP contribution in [0.15, 0.2) is 6.20 Å². The van der Waals surface area contributed by atoms with E-state index in [9.17, 15) is 22.0 Å². The quantitative estimate of drug-likeness (QED) is 0.656. The van der Waals surface area contributed by atoms with Gasteiger partial charge in [0.1, 0.15) is 0 Å². The molecule has 0 aliphatic heterocycles. The standard InChI is InChI=1S/C8H6F5IN2/c9-7(10)3-2-16-4(1-15)5(6(3)14)8(11,12)13/h2,7H,1,15H2. The Morgan fingerprint density at radius 2 is 1.94 bits per heavy atom. The van der Waals surface area contributed by atoms with Crippen molar-refractivity contribution in [3.63, 3.8) is 0 Å². The molecule has 90 valence electrons. The Labute approximate surface area is 101 Å². The summed E-state index contributed by atoms with van der Waals surface area (Å²) in [5.74, 6) is 0. The molecule has 0 spiro atoms. The number of halogens is 6. The average Bonchev–Trinajstić information content (AvgIpc) is 2.14. The second-order valence-corrected chi connectivity index (χ2v) is 3.93. The molecule has 0 amide bonds. The van der Waals surface area contributed by atoms with Crippen LogP contribution in [0.25, 0.3) is 0 Å². The van der Waals surface area contributed by atoms with Crippen LogP contribution in [0, 0.1) is 3.57 Å². The fourth-order valence-electron chi connectivity index (χ4n) is 1.13. The zero-order valence-electron chi connectivity index (χ0n) is 7.65. The second-order valence-electron chi connectivity index (χ2n) is 2.85. The number of nitrogens with two attached hydrogens (primary N) is 1. The molecule has 0 radical (unpaired) electrons. The van der Waals surface area contributed by atoms with Gasteiger partial charge in [0, 0.05) is 16.3 Å². The summed E-state index contributed by atoms with van der Waals surface area (Å²) in [6, 6.07) is 0. The Balaban J connectivity index is 3.47. The highest BCUT2D eigenvalue weighted by atomic mass is 127. The summed E-state index contributed by atoms with van der Waals surface area (Å²) >= 11 is 1.23. The Morgan fingerprint density at radius 3 is 2.31 bits per heavy atom. The molecule has 1 rings (SSSR count). The monoisotopic (exact) mass is 352 g/mol. The van der Waals surface area contributed by atoms with Crippen molar-refractivity contribution in [1.82, 2.24) is 4.98 Å². The predicted molar refractivity (Wildman–Crippen MR) is 54.8 cm³/mol. The first-order valence-electron chi connectivity index (χ1n) is 4.01. The fourth-order valence-corrected chi connectivity index (χ4v) is 2.13. The number of pyridine rings is 1. The van der Waals surface area contributed by atoms with Gasteiger partial charge in [0.15, 0.2) is 0 Å². The molecule has 2 N–H and O–H groups in total. The lowest BCUT2D eigenvalue weighted by Gasteiger charge is -2.15. The molecule has 0 aliphatic carbocycles. The van der Waals surface area contributed by atoms with Crippen molar-refractivity contribution in [2.45, 2.75) is 19.1 Å². The van der Waals surface area contributed by atoms with Crippen LogP contribution >= 0.6 is 22.6 Å². The van der Waals surface area contributed by atoms with Gasteiger partial charge in [-0.25, -0.2) is 8.78 Å². The van der Waals surface area contributed by atoms with E-state index in [4.69, 9.17) is 5.73 Å². The normalized spacial score (nSPS) is 12.2. The lowest BCUT2D eigenvalue weighted by atomic mass is 10.1. The number of rotatable bonds is 2. The van der Waals surface area contributed by atoms with E-state index < -0.39 is 39.5 Å². The van der Waals surface area contributed by atoms with Crippen molar-refractivity contribution in [3.8, 4) is 0 Å². The molecule has 0 aliphatic rings. The van der Waals surface area contributed by atoms with Gasteiger partial charge >= 0.3 is 6.18 Å². The Kier molecular flexibility index (Phi) is 4.05. The molecule has 0 aromatic carbocycles. The molecule has 0 atom stereocenters. The van der Waals surface area contributed by atoms with Crippen LogP contribution in [0.2, 0.25) is 0 Å². The summed E-state index contributed by atoms with van der Waals surface area (Å²) in [6.45, 7) is -0.450. The molecule has 0 fully saturated rings.